The lowest BCUT2D eigenvalue weighted by Gasteiger charge is -2.29. The molecule has 0 aromatic heterocycles. The van der Waals surface area contributed by atoms with Crippen LogP contribution in [0.1, 0.15) is 75.0 Å². The van der Waals surface area contributed by atoms with Gasteiger partial charge in [-0.1, -0.05) is 61.7 Å². The lowest BCUT2D eigenvalue weighted by atomic mass is 10.0. The van der Waals surface area contributed by atoms with Crippen molar-refractivity contribution in [3.8, 4) is 5.75 Å². The molecule has 1 saturated carbocycles. The van der Waals surface area contributed by atoms with Gasteiger partial charge in [0.25, 0.3) is 0 Å². The fourth-order valence-corrected chi connectivity index (χ4v) is 7.64. The van der Waals surface area contributed by atoms with Crippen molar-refractivity contribution in [3.63, 3.8) is 0 Å². The Morgan fingerprint density at radius 1 is 1.02 bits per heavy atom. The van der Waals surface area contributed by atoms with Crippen molar-refractivity contribution in [1.82, 2.24) is 10.2 Å². The molecular formula is C31H43FN2O5S. The van der Waals surface area contributed by atoms with E-state index < -0.39 is 28.2 Å². The molecule has 9 heteroatoms. The summed E-state index contributed by atoms with van der Waals surface area (Å²) >= 11 is 0. The van der Waals surface area contributed by atoms with Gasteiger partial charge in [0.1, 0.15) is 24.6 Å². The van der Waals surface area contributed by atoms with Crippen LogP contribution in [0.4, 0.5) is 4.39 Å². The number of amides is 1. The van der Waals surface area contributed by atoms with E-state index in [2.05, 4.69) is 5.32 Å². The predicted octanol–water partition coefficient (Wildman–Crippen LogP) is 4.75. The number of hydrogen-bond donors (Lipinski definition) is 2. The minimum absolute atomic E-state index is 0.112. The van der Waals surface area contributed by atoms with Gasteiger partial charge in [-0.05, 0) is 55.4 Å². The molecular weight excluding hydrogens is 531 g/mol. The van der Waals surface area contributed by atoms with Crippen molar-refractivity contribution in [2.75, 3.05) is 25.4 Å². The zero-order valence-corrected chi connectivity index (χ0v) is 24.0. The van der Waals surface area contributed by atoms with Gasteiger partial charge in [0.15, 0.2) is 9.84 Å². The number of aliphatic hydroxyl groups is 1. The average molecular weight is 575 g/mol. The number of unbranched alkanes of at least 4 members (excludes halogenated alkanes) is 1. The molecule has 2 fully saturated rings. The van der Waals surface area contributed by atoms with Crippen LogP contribution < -0.4 is 10.1 Å². The van der Waals surface area contributed by atoms with Gasteiger partial charge in [-0.3, -0.25) is 9.69 Å². The number of nitrogens with one attached hydrogen (secondary N) is 1. The number of carbonyl (C=O) groups is 1. The Morgan fingerprint density at radius 3 is 2.42 bits per heavy atom. The van der Waals surface area contributed by atoms with Gasteiger partial charge in [0.2, 0.25) is 5.91 Å². The van der Waals surface area contributed by atoms with Crippen molar-refractivity contribution in [1.29, 1.82) is 0 Å². The summed E-state index contributed by atoms with van der Waals surface area (Å²) in [6, 6.07) is 16.4. The standard InChI is InChI=1S/C31H43FN2O5S/c32-26-18-19-34(21-26)22-29(33-30(35)13-7-8-20-40(37,38)28-11-5-2-6-12-28)31(36)25-14-16-27(17-15-25)39-23-24-9-3-1-4-10-24/h1,3-4,9-10,14-17,26,28-29,31,36H,2,5-8,11-13,18-23H2,(H,33,35)/t26-,29-,31?/m1/s1. The predicted molar refractivity (Wildman–Crippen MR) is 155 cm³/mol. The highest BCUT2D eigenvalue weighted by Crippen LogP contribution is 2.26. The summed E-state index contributed by atoms with van der Waals surface area (Å²) in [5, 5.41) is 13.9. The normalized spacial score (nSPS) is 20.2. The van der Waals surface area contributed by atoms with Crippen LogP contribution in [-0.2, 0) is 21.2 Å². The van der Waals surface area contributed by atoms with E-state index in [0.29, 0.717) is 50.3 Å². The molecule has 220 valence electrons. The third-order valence-corrected chi connectivity index (χ3v) is 10.4. The second-order valence-corrected chi connectivity index (χ2v) is 13.6. The van der Waals surface area contributed by atoms with E-state index in [9.17, 15) is 22.7 Å². The highest BCUT2D eigenvalue weighted by atomic mass is 32.2. The Kier molecular flexibility index (Phi) is 11.4. The Morgan fingerprint density at radius 2 is 1.75 bits per heavy atom. The fraction of sp³-hybridized carbons (Fsp3) is 0.581. The summed E-state index contributed by atoms with van der Waals surface area (Å²) in [7, 11) is -3.12. The maximum atomic E-state index is 13.8. The van der Waals surface area contributed by atoms with Crippen LogP contribution in [0.25, 0.3) is 0 Å². The molecule has 1 aliphatic heterocycles. The van der Waals surface area contributed by atoms with E-state index in [1.807, 2.05) is 35.2 Å². The number of alkyl halides is 1. The summed E-state index contributed by atoms with van der Waals surface area (Å²) in [5.74, 6) is 0.544. The highest BCUT2D eigenvalue weighted by Gasteiger charge is 2.30. The molecule has 2 aromatic carbocycles. The third kappa shape index (κ3) is 9.28. The Balaban J connectivity index is 1.30. The average Bonchev–Trinajstić information content (AvgIpc) is 3.39. The number of aliphatic hydroxyl groups excluding tert-OH is 1. The van der Waals surface area contributed by atoms with Crippen molar-refractivity contribution in [2.24, 2.45) is 0 Å². The molecule has 0 bridgehead atoms. The molecule has 3 atom stereocenters. The number of hydrogen-bond acceptors (Lipinski definition) is 6. The number of sulfone groups is 1. The zero-order valence-electron chi connectivity index (χ0n) is 23.2. The third-order valence-electron chi connectivity index (χ3n) is 8.01. The topological polar surface area (TPSA) is 95.9 Å². The number of carbonyl (C=O) groups excluding carboxylic acids is 1. The summed E-state index contributed by atoms with van der Waals surface area (Å²) in [5.41, 5.74) is 1.68. The summed E-state index contributed by atoms with van der Waals surface area (Å²) in [6.45, 7) is 1.62. The quantitative estimate of drug-likeness (QED) is 0.317. The van der Waals surface area contributed by atoms with E-state index in [0.717, 1.165) is 37.7 Å². The van der Waals surface area contributed by atoms with E-state index in [-0.39, 0.29) is 29.9 Å². The molecule has 4 rings (SSSR count). The lowest BCUT2D eigenvalue weighted by Crippen LogP contribution is -2.46. The number of likely N-dealkylation sites (tertiary alicyclic amines) is 1. The maximum Gasteiger partial charge on any atom is 0.220 e. The maximum absolute atomic E-state index is 13.8. The van der Waals surface area contributed by atoms with Crippen LogP contribution in [0, 0.1) is 0 Å². The number of benzene rings is 2. The van der Waals surface area contributed by atoms with Crippen LogP contribution in [0.3, 0.4) is 0 Å². The van der Waals surface area contributed by atoms with E-state index in [4.69, 9.17) is 4.74 Å². The minimum atomic E-state index is -3.12. The molecule has 0 radical (unpaired) electrons. The van der Waals surface area contributed by atoms with Crippen LogP contribution in [-0.4, -0.2) is 67.2 Å². The van der Waals surface area contributed by atoms with Gasteiger partial charge in [0, 0.05) is 26.1 Å². The van der Waals surface area contributed by atoms with Gasteiger partial charge in [-0.25, -0.2) is 12.8 Å². The summed E-state index contributed by atoms with van der Waals surface area (Å²) in [4.78, 5) is 14.8. The molecule has 1 aliphatic carbocycles. The lowest BCUT2D eigenvalue weighted by molar-refractivity contribution is -0.123. The van der Waals surface area contributed by atoms with Gasteiger partial charge in [0.05, 0.1) is 17.0 Å². The molecule has 7 nitrogen and oxygen atoms in total. The summed E-state index contributed by atoms with van der Waals surface area (Å²) in [6.07, 6.45) is 4.19. The second-order valence-electron chi connectivity index (χ2n) is 11.2. The fourth-order valence-electron chi connectivity index (χ4n) is 5.65. The Hall–Kier alpha value is -2.49. The van der Waals surface area contributed by atoms with Crippen LogP contribution >= 0.6 is 0 Å². The first-order valence-corrected chi connectivity index (χ1v) is 16.3. The molecule has 1 heterocycles. The second kappa shape index (κ2) is 14.9. The summed E-state index contributed by atoms with van der Waals surface area (Å²) < 4.78 is 44.9. The molecule has 2 aromatic rings. The van der Waals surface area contributed by atoms with Crippen LogP contribution in [0.5, 0.6) is 5.75 Å². The monoisotopic (exact) mass is 574 g/mol. The number of rotatable bonds is 14. The molecule has 40 heavy (non-hydrogen) atoms. The molecule has 1 amide bonds. The highest BCUT2D eigenvalue weighted by molar-refractivity contribution is 7.92. The first-order valence-electron chi connectivity index (χ1n) is 14.6. The van der Waals surface area contributed by atoms with Crippen molar-refractivity contribution in [3.05, 3.63) is 65.7 Å². The Labute approximate surface area is 238 Å². The van der Waals surface area contributed by atoms with Crippen molar-refractivity contribution in [2.45, 2.75) is 88.0 Å². The van der Waals surface area contributed by atoms with Crippen LogP contribution in [0.2, 0.25) is 0 Å². The zero-order chi connectivity index (χ0) is 28.4. The molecule has 0 spiro atoms. The van der Waals surface area contributed by atoms with Gasteiger partial charge in [-0.2, -0.15) is 0 Å². The number of nitrogens with zero attached hydrogens (tertiary/aromatic N) is 1. The number of halogens is 1. The van der Waals surface area contributed by atoms with Crippen LogP contribution in [0.15, 0.2) is 54.6 Å². The SMILES string of the molecule is O=C(CCCCS(=O)(=O)C1CCCCC1)N[C@H](CN1CC[C@@H](F)C1)C(O)c1ccc(OCc2ccccc2)cc1. The van der Waals surface area contributed by atoms with E-state index >= 15 is 0 Å². The molecule has 1 unspecified atom stereocenters. The minimum Gasteiger partial charge on any atom is -0.489 e. The van der Waals surface area contributed by atoms with Crippen molar-refractivity contribution >= 4 is 15.7 Å². The first-order chi connectivity index (χ1) is 19.3. The molecule has 2 aliphatic rings. The molecule has 2 N–H and O–H groups in total. The van der Waals surface area contributed by atoms with Gasteiger partial charge in [-0.15, -0.1) is 0 Å². The van der Waals surface area contributed by atoms with Gasteiger partial charge >= 0.3 is 0 Å². The van der Waals surface area contributed by atoms with Gasteiger partial charge < -0.3 is 15.2 Å². The Bertz CT molecular complexity index is 1160. The van der Waals surface area contributed by atoms with E-state index in [1.54, 1.807) is 24.3 Å². The van der Waals surface area contributed by atoms with Crippen molar-refractivity contribution < 1.29 is 27.4 Å². The number of ether oxygens (including phenoxy) is 1. The van der Waals surface area contributed by atoms with E-state index in [1.165, 1.54) is 0 Å². The first kappa shape index (κ1) is 30.5. The molecule has 1 saturated heterocycles. The largest absolute Gasteiger partial charge is 0.489 e. The smallest absolute Gasteiger partial charge is 0.220 e.